The first-order chi connectivity index (χ1) is 20.0. The maximum Gasteiger partial charge on any atom is 0.264 e. The van der Waals surface area contributed by atoms with Gasteiger partial charge in [-0.05, 0) is 75.1 Å². The Hall–Kier alpha value is -3.07. The van der Waals surface area contributed by atoms with Crippen molar-refractivity contribution in [3.63, 3.8) is 0 Å². The zero-order chi connectivity index (χ0) is 30.4. The summed E-state index contributed by atoms with van der Waals surface area (Å²) >= 11 is 12.8. The summed E-state index contributed by atoms with van der Waals surface area (Å²) in [6, 6.07) is 17.6. The molecule has 42 heavy (non-hydrogen) atoms. The Kier molecular flexibility index (Phi) is 10.6. The molecular weight excluding hydrogens is 593 g/mol. The SMILES string of the molecule is Cc1ccc(S(=O)(=O)N(CC(=O)N(Cc2ccccc2Cl)[C@@H](C)C(=O)NC2CCCCC2)c2cc(Cl)ccc2C)cc1. The largest absolute Gasteiger partial charge is 0.352 e. The van der Waals surface area contributed by atoms with Crippen LogP contribution in [-0.4, -0.2) is 43.8 Å². The number of amides is 2. The van der Waals surface area contributed by atoms with Crippen LogP contribution in [0, 0.1) is 13.8 Å². The molecule has 0 unspecified atom stereocenters. The zero-order valence-electron chi connectivity index (χ0n) is 24.1. The van der Waals surface area contributed by atoms with Crippen molar-refractivity contribution in [1.82, 2.24) is 10.2 Å². The van der Waals surface area contributed by atoms with Gasteiger partial charge in [-0.1, -0.05) is 84.4 Å². The number of nitrogens with zero attached hydrogens (tertiary/aromatic N) is 2. The molecule has 3 aromatic rings. The minimum Gasteiger partial charge on any atom is -0.352 e. The van der Waals surface area contributed by atoms with Gasteiger partial charge in [0.1, 0.15) is 12.6 Å². The van der Waals surface area contributed by atoms with Crippen molar-refractivity contribution in [2.75, 3.05) is 10.8 Å². The third-order valence-corrected chi connectivity index (χ3v) is 10.1. The second-order valence-corrected chi connectivity index (χ2v) is 13.6. The van der Waals surface area contributed by atoms with Crippen molar-refractivity contribution >= 4 is 50.7 Å². The van der Waals surface area contributed by atoms with Gasteiger partial charge in [0.05, 0.1) is 10.6 Å². The second-order valence-electron chi connectivity index (χ2n) is 10.9. The molecule has 7 nitrogen and oxygen atoms in total. The summed E-state index contributed by atoms with van der Waals surface area (Å²) in [5.41, 5.74) is 2.47. The molecule has 1 N–H and O–H groups in total. The molecule has 1 aliphatic carbocycles. The first-order valence-corrected chi connectivity index (χ1v) is 16.4. The minimum absolute atomic E-state index is 0.0324. The molecule has 10 heteroatoms. The van der Waals surface area contributed by atoms with Gasteiger partial charge in [0.25, 0.3) is 10.0 Å². The fourth-order valence-corrected chi connectivity index (χ4v) is 7.00. The Morgan fingerprint density at radius 2 is 1.62 bits per heavy atom. The van der Waals surface area contributed by atoms with E-state index in [0.29, 0.717) is 21.2 Å². The molecule has 0 aromatic heterocycles. The Morgan fingerprint density at radius 1 is 0.952 bits per heavy atom. The number of rotatable bonds is 10. The molecule has 0 bridgehead atoms. The van der Waals surface area contributed by atoms with Crippen molar-refractivity contribution in [3.05, 3.63) is 93.5 Å². The molecule has 224 valence electrons. The van der Waals surface area contributed by atoms with E-state index in [1.165, 1.54) is 23.1 Å². The van der Waals surface area contributed by atoms with E-state index in [4.69, 9.17) is 23.2 Å². The molecular formula is C32H37Cl2N3O4S. The van der Waals surface area contributed by atoms with E-state index in [-0.39, 0.29) is 29.1 Å². The lowest BCUT2D eigenvalue weighted by Gasteiger charge is -2.33. The highest BCUT2D eigenvalue weighted by atomic mass is 35.5. The lowest BCUT2D eigenvalue weighted by atomic mass is 9.95. The lowest BCUT2D eigenvalue weighted by molar-refractivity contribution is -0.139. The molecule has 0 saturated heterocycles. The highest BCUT2D eigenvalue weighted by Gasteiger charge is 2.34. The number of nitrogens with one attached hydrogen (secondary N) is 1. The van der Waals surface area contributed by atoms with Gasteiger partial charge < -0.3 is 10.2 Å². The summed E-state index contributed by atoms with van der Waals surface area (Å²) in [5, 5.41) is 3.88. The molecule has 0 heterocycles. The van der Waals surface area contributed by atoms with Gasteiger partial charge in [-0.2, -0.15) is 0 Å². The van der Waals surface area contributed by atoms with Crippen molar-refractivity contribution in [1.29, 1.82) is 0 Å². The number of sulfonamides is 1. The maximum atomic E-state index is 14.2. The predicted molar refractivity (Wildman–Crippen MR) is 168 cm³/mol. The number of hydrogen-bond donors (Lipinski definition) is 1. The number of aryl methyl sites for hydroxylation is 2. The Morgan fingerprint density at radius 3 is 2.29 bits per heavy atom. The molecule has 1 atom stereocenters. The predicted octanol–water partition coefficient (Wildman–Crippen LogP) is 6.67. The van der Waals surface area contributed by atoms with Crippen molar-refractivity contribution < 1.29 is 18.0 Å². The highest BCUT2D eigenvalue weighted by molar-refractivity contribution is 7.92. The molecule has 1 fully saturated rings. The Balaban J connectivity index is 1.72. The van der Waals surface area contributed by atoms with Gasteiger partial charge >= 0.3 is 0 Å². The van der Waals surface area contributed by atoms with E-state index in [1.54, 1.807) is 62.4 Å². The van der Waals surface area contributed by atoms with Crippen LogP contribution in [-0.2, 0) is 26.2 Å². The van der Waals surface area contributed by atoms with Crippen LogP contribution in [0.2, 0.25) is 10.0 Å². The summed E-state index contributed by atoms with van der Waals surface area (Å²) in [7, 11) is -4.19. The van der Waals surface area contributed by atoms with Gasteiger partial charge in [0.2, 0.25) is 11.8 Å². The molecule has 2 amide bonds. The van der Waals surface area contributed by atoms with Crippen LogP contribution < -0.4 is 9.62 Å². The summed E-state index contributed by atoms with van der Waals surface area (Å²) < 4.78 is 29.2. The zero-order valence-corrected chi connectivity index (χ0v) is 26.5. The van der Waals surface area contributed by atoms with Gasteiger partial charge in [0, 0.05) is 22.6 Å². The third-order valence-electron chi connectivity index (χ3n) is 7.75. The normalized spacial score (nSPS) is 14.7. The van der Waals surface area contributed by atoms with Gasteiger partial charge in [0.15, 0.2) is 0 Å². The number of anilines is 1. The van der Waals surface area contributed by atoms with Crippen molar-refractivity contribution in [2.24, 2.45) is 0 Å². The van der Waals surface area contributed by atoms with Crippen LogP contribution in [0.15, 0.2) is 71.6 Å². The number of halogens is 2. The van der Waals surface area contributed by atoms with E-state index in [2.05, 4.69) is 5.32 Å². The van der Waals surface area contributed by atoms with Gasteiger partial charge in [-0.3, -0.25) is 13.9 Å². The van der Waals surface area contributed by atoms with E-state index in [0.717, 1.165) is 42.0 Å². The quantitative estimate of drug-likeness (QED) is 0.271. The monoisotopic (exact) mass is 629 g/mol. The third kappa shape index (κ3) is 7.65. The maximum absolute atomic E-state index is 14.2. The minimum atomic E-state index is -4.19. The van der Waals surface area contributed by atoms with E-state index in [9.17, 15) is 18.0 Å². The van der Waals surface area contributed by atoms with Crippen LogP contribution in [0.25, 0.3) is 0 Å². The van der Waals surface area contributed by atoms with Crippen LogP contribution in [0.1, 0.15) is 55.7 Å². The van der Waals surface area contributed by atoms with Crippen LogP contribution in [0.3, 0.4) is 0 Å². The lowest BCUT2D eigenvalue weighted by Crippen LogP contribution is -2.53. The fourth-order valence-electron chi connectivity index (χ4n) is 5.16. The van der Waals surface area contributed by atoms with E-state index >= 15 is 0 Å². The standard InChI is InChI=1S/C32H37Cl2N3O4S/c1-22-13-17-28(18-14-22)42(40,41)37(30-19-26(33)16-15-23(30)2)21-31(38)36(20-25-9-7-8-12-29(25)34)24(3)32(39)35-27-10-5-4-6-11-27/h7-9,12-19,24,27H,4-6,10-11,20-21H2,1-3H3,(H,35,39)/t24-/m0/s1. The molecule has 0 aliphatic heterocycles. The first-order valence-electron chi connectivity index (χ1n) is 14.2. The molecule has 3 aromatic carbocycles. The molecule has 0 radical (unpaired) electrons. The second kappa shape index (κ2) is 13.9. The van der Waals surface area contributed by atoms with E-state index < -0.39 is 28.5 Å². The topological polar surface area (TPSA) is 86.8 Å². The number of hydrogen-bond acceptors (Lipinski definition) is 4. The molecule has 4 rings (SSSR count). The van der Waals surface area contributed by atoms with Crippen molar-refractivity contribution in [2.45, 2.75) is 76.4 Å². The first kappa shape index (κ1) is 31.9. The van der Waals surface area contributed by atoms with Gasteiger partial charge in [-0.25, -0.2) is 8.42 Å². The summed E-state index contributed by atoms with van der Waals surface area (Å²) in [6.45, 7) is 4.78. The van der Waals surface area contributed by atoms with Crippen LogP contribution >= 0.6 is 23.2 Å². The molecule has 1 saturated carbocycles. The smallest absolute Gasteiger partial charge is 0.264 e. The van der Waals surface area contributed by atoms with E-state index in [1.807, 2.05) is 6.92 Å². The fraction of sp³-hybridized carbons (Fsp3) is 0.375. The highest BCUT2D eigenvalue weighted by Crippen LogP contribution is 2.30. The Labute approximate surface area is 258 Å². The molecule has 0 spiro atoms. The number of carbonyl (C=O) groups is 2. The average molecular weight is 631 g/mol. The van der Waals surface area contributed by atoms with Crippen LogP contribution in [0.4, 0.5) is 5.69 Å². The Bertz CT molecular complexity index is 1520. The number of benzene rings is 3. The average Bonchev–Trinajstić information content (AvgIpc) is 2.97. The summed E-state index contributed by atoms with van der Waals surface area (Å²) in [6.07, 6.45) is 5.03. The van der Waals surface area contributed by atoms with Gasteiger partial charge in [-0.15, -0.1) is 0 Å². The molecule has 1 aliphatic rings. The summed E-state index contributed by atoms with van der Waals surface area (Å²) in [4.78, 5) is 29.1. The van der Waals surface area contributed by atoms with Crippen molar-refractivity contribution in [3.8, 4) is 0 Å². The summed E-state index contributed by atoms with van der Waals surface area (Å²) in [5.74, 6) is -0.828. The van der Waals surface area contributed by atoms with Crippen LogP contribution in [0.5, 0.6) is 0 Å². The number of carbonyl (C=O) groups excluding carboxylic acids is 2.